The standard InChI is InChI=1S/C20H30O/c1-16-15-17-11-8-9-13-19(17)18(16)12-7-5-6-10-14-21-20(2,3)4/h8-9,11,13H,5-7,10,12,14-15H2,1-4H3. The molecule has 0 heterocycles. The Bertz CT molecular complexity index is 491. The number of hydrogen-bond donors (Lipinski definition) is 0. The molecule has 1 aliphatic rings. The second kappa shape index (κ2) is 7.26. The Kier molecular flexibility index (Phi) is 5.64. The molecule has 0 aromatic heterocycles. The van der Waals surface area contributed by atoms with Crippen molar-refractivity contribution in [3.05, 3.63) is 41.0 Å². The molecule has 0 saturated heterocycles. The monoisotopic (exact) mass is 286 g/mol. The van der Waals surface area contributed by atoms with E-state index < -0.39 is 0 Å². The van der Waals surface area contributed by atoms with Crippen molar-refractivity contribution in [2.75, 3.05) is 6.61 Å². The number of fused-ring (bicyclic) bond motifs is 1. The minimum Gasteiger partial charge on any atom is -0.376 e. The molecule has 1 aromatic carbocycles. The molecule has 0 aliphatic heterocycles. The predicted octanol–water partition coefficient (Wildman–Crippen LogP) is 5.78. The van der Waals surface area contributed by atoms with Crippen molar-refractivity contribution in [2.45, 2.75) is 71.8 Å². The van der Waals surface area contributed by atoms with E-state index in [-0.39, 0.29) is 5.60 Å². The fraction of sp³-hybridized carbons (Fsp3) is 0.600. The van der Waals surface area contributed by atoms with E-state index in [1.807, 2.05) is 0 Å². The number of hydrogen-bond acceptors (Lipinski definition) is 1. The Morgan fingerprint density at radius 3 is 2.48 bits per heavy atom. The normalized spacial score (nSPS) is 14.7. The molecular formula is C20H30O. The maximum absolute atomic E-state index is 5.76. The number of allylic oxidation sites excluding steroid dienone is 2. The lowest BCUT2D eigenvalue weighted by atomic mass is 9.99. The molecule has 0 atom stereocenters. The van der Waals surface area contributed by atoms with Crippen LogP contribution in [0.5, 0.6) is 0 Å². The summed E-state index contributed by atoms with van der Waals surface area (Å²) < 4.78 is 5.76. The molecule has 0 amide bonds. The van der Waals surface area contributed by atoms with E-state index in [1.165, 1.54) is 43.2 Å². The van der Waals surface area contributed by atoms with E-state index >= 15 is 0 Å². The van der Waals surface area contributed by atoms with Gasteiger partial charge in [0.05, 0.1) is 5.60 Å². The largest absolute Gasteiger partial charge is 0.376 e. The quantitative estimate of drug-likeness (QED) is 0.577. The Balaban J connectivity index is 1.67. The van der Waals surface area contributed by atoms with Crippen LogP contribution in [-0.2, 0) is 11.2 Å². The molecule has 0 radical (unpaired) electrons. The van der Waals surface area contributed by atoms with Gasteiger partial charge in [-0.3, -0.25) is 0 Å². The summed E-state index contributed by atoms with van der Waals surface area (Å²) in [5, 5.41) is 0. The van der Waals surface area contributed by atoms with Crippen LogP contribution in [0.2, 0.25) is 0 Å². The molecule has 1 nitrogen and oxygen atoms in total. The van der Waals surface area contributed by atoms with E-state index in [9.17, 15) is 0 Å². The zero-order valence-corrected chi connectivity index (χ0v) is 14.2. The fourth-order valence-corrected chi connectivity index (χ4v) is 3.07. The lowest BCUT2D eigenvalue weighted by molar-refractivity contribution is -0.00472. The van der Waals surface area contributed by atoms with Crippen LogP contribution in [0.3, 0.4) is 0 Å². The second-order valence-corrected chi connectivity index (χ2v) is 7.22. The first-order valence-corrected chi connectivity index (χ1v) is 8.38. The Hall–Kier alpha value is -1.08. The van der Waals surface area contributed by atoms with Gasteiger partial charge < -0.3 is 4.74 Å². The van der Waals surface area contributed by atoms with Crippen molar-refractivity contribution in [1.29, 1.82) is 0 Å². The number of unbranched alkanes of at least 4 members (excludes halogenated alkanes) is 3. The zero-order valence-electron chi connectivity index (χ0n) is 14.2. The molecule has 0 N–H and O–H groups in total. The minimum absolute atomic E-state index is 0.00941. The summed E-state index contributed by atoms with van der Waals surface area (Å²) in [5.41, 5.74) is 6.22. The first kappa shape index (κ1) is 16.3. The van der Waals surface area contributed by atoms with E-state index in [4.69, 9.17) is 4.74 Å². The molecule has 1 heteroatoms. The lowest BCUT2D eigenvalue weighted by Crippen LogP contribution is -2.19. The molecule has 0 fully saturated rings. The lowest BCUT2D eigenvalue weighted by Gasteiger charge is -2.19. The average molecular weight is 286 g/mol. The summed E-state index contributed by atoms with van der Waals surface area (Å²) in [4.78, 5) is 0. The van der Waals surface area contributed by atoms with Crippen molar-refractivity contribution in [2.24, 2.45) is 0 Å². The second-order valence-electron chi connectivity index (χ2n) is 7.22. The van der Waals surface area contributed by atoms with Crippen LogP contribution < -0.4 is 0 Å². The van der Waals surface area contributed by atoms with Gasteiger partial charge >= 0.3 is 0 Å². The molecule has 1 aromatic rings. The van der Waals surface area contributed by atoms with Gasteiger partial charge in [-0.25, -0.2) is 0 Å². The van der Waals surface area contributed by atoms with E-state index in [0.717, 1.165) is 13.0 Å². The average Bonchev–Trinajstić information content (AvgIpc) is 2.72. The van der Waals surface area contributed by atoms with Gasteiger partial charge in [-0.2, -0.15) is 0 Å². The van der Waals surface area contributed by atoms with Gasteiger partial charge in [-0.15, -0.1) is 0 Å². The highest BCUT2D eigenvalue weighted by Gasteiger charge is 2.17. The molecule has 0 unspecified atom stereocenters. The topological polar surface area (TPSA) is 9.23 Å². The molecule has 116 valence electrons. The fourth-order valence-electron chi connectivity index (χ4n) is 3.07. The maximum atomic E-state index is 5.76. The molecule has 1 aliphatic carbocycles. The smallest absolute Gasteiger partial charge is 0.0598 e. The van der Waals surface area contributed by atoms with E-state index in [1.54, 1.807) is 11.1 Å². The highest BCUT2D eigenvalue weighted by molar-refractivity contribution is 5.75. The van der Waals surface area contributed by atoms with Crippen LogP contribution in [0.1, 0.15) is 70.9 Å². The van der Waals surface area contributed by atoms with Crippen LogP contribution in [0.25, 0.3) is 5.57 Å². The third kappa shape index (κ3) is 5.00. The van der Waals surface area contributed by atoms with Gasteiger partial charge in [0, 0.05) is 6.61 Å². The van der Waals surface area contributed by atoms with Gasteiger partial charge in [0.1, 0.15) is 0 Å². The Morgan fingerprint density at radius 1 is 1.00 bits per heavy atom. The molecule has 0 saturated carbocycles. The summed E-state index contributed by atoms with van der Waals surface area (Å²) in [6.07, 6.45) is 7.48. The highest BCUT2D eigenvalue weighted by atomic mass is 16.5. The summed E-state index contributed by atoms with van der Waals surface area (Å²) in [7, 11) is 0. The molecular weight excluding hydrogens is 256 g/mol. The zero-order chi connectivity index (χ0) is 15.3. The third-order valence-corrected chi connectivity index (χ3v) is 4.17. The SMILES string of the molecule is CC1=C(CCCCCCOC(C)(C)C)c2ccccc2C1. The minimum atomic E-state index is 0.00941. The summed E-state index contributed by atoms with van der Waals surface area (Å²) in [5.74, 6) is 0. The van der Waals surface area contributed by atoms with Gasteiger partial charge in [0.15, 0.2) is 0 Å². The van der Waals surface area contributed by atoms with Crippen LogP contribution >= 0.6 is 0 Å². The molecule has 21 heavy (non-hydrogen) atoms. The van der Waals surface area contributed by atoms with Gasteiger partial charge in [-0.05, 0) is 70.1 Å². The van der Waals surface area contributed by atoms with Crippen LogP contribution in [0.15, 0.2) is 29.8 Å². The number of benzene rings is 1. The van der Waals surface area contributed by atoms with E-state index in [0.29, 0.717) is 0 Å². The molecule has 2 rings (SSSR count). The van der Waals surface area contributed by atoms with Crippen molar-refractivity contribution in [3.63, 3.8) is 0 Å². The molecule has 0 bridgehead atoms. The van der Waals surface area contributed by atoms with Gasteiger partial charge in [0.2, 0.25) is 0 Å². The summed E-state index contributed by atoms with van der Waals surface area (Å²) in [6.45, 7) is 9.57. The van der Waals surface area contributed by atoms with Gasteiger partial charge in [-0.1, -0.05) is 42.7 Å². The van der Waals surface area contributed by atoms with Crippen molar-refractivity contribution >= 4 is 5.57 Å². The van der Waals surface area contributed by atoms with Crippen molar-refractivity contribution in [3.8, 4) is 0 Å². The summed E-state index contributed by atoms with van der Waals surface area (Å²) in [6, 6.07) is 8.89. The van der Waals surface area contributed by atoms with Crippen molar-refractivity contribution < 1.29 is 4.74 Å². The first-order valence-electron chi connectivity index (χ1n) is 8.38. The van der Waals surface area contributed by atoms with Gasteiger partial charge in [0.25, 0.3) is 0 Å². The Labute approximate surface area is 130 Å². The third-order valence-electron chi connectivity index (χ3n) is 4.17. The predicted molar refractivity (Wildman–Crippen MR) is 91.5 cm³/mol. The van der Waals surface area contributed by atoms with Crippen LogP contribution in [0.4, 0.5) is 0 Å². The van der Waals surface area contributed by atoms with E-state index in [2.05, 4.69) is 52.0 Å². The summed E-state index contributed by atoms with van der Waals surface area (Å²) >= 11 is 0. The number of rotatable bonds is 7. The maximum Gasteiger partial charge on any atom is 0.0598 e. The first-order chi connectivity index (χ1) is 9.97. The number of ether oxygens (including phenoxy) is 1. The Morgan fingerprint density at radius 2 is 1.71 bits per heavy atom. The molecule has 0 spiro atoms. The van der Waals surface area contributed by atoms with Crippen LogP contribution in [-0.4, -0.2) is 12.2 Å². The highest BCUT2D eigenvalue weighted by Crippen LogP contribution is 2.35. The van der Waals surface area contributed by atoms with Crippen molar-refractivity contribution in [1.82, 2.24) is 0 Å². The van der Waals surface area contributed by atoms with Crippen LogP contribution in [0, 0.1) is 0 Å².